The molecule has 2 aromatic rings. The molecule has 0 bridgehead atoms. The molecule has 166 valence electrons. The van der Waals surface area contributed by atoms with Crippen molar-refractivity contribution in [3.63, 3.8) is 0 Å². The summed E-state index contributed by atoms with van der Waals surface area (Å²) in [4.78, 5) is 27.8. The zero-order chi connectivity index (χ0) is 22.5. The molecule has 31 heavy (non-hydrogen) atoms. The summed E-state index contributed by atoms with van der Waals surface area (Å²) in [5.41, 5.74) is 3.02. The van der Waals surface area contributed by atoms with Crippen molar-refractivity contribution < 1.29 is 9.59 Å². The van der Waals surface area contributed by atoms with E-state index in [9.17, 15) is 9.59 Å². The Kier molecular flexibility index (Phi) is 7.19. The number of hydrogen-bond donors (Lipinski definition) is 1. The van der Waals surface area contributed by atoms with Crippen LogP contribution in [0, 0.1) is 10.8 Å². The van der Waals surface area contributed by atoms with Crippen LogP contribution in [0.5, 0.6) is 0 Å². The van der Waals surface area contributed by atoms with Crippen molar-refractivity contribution >= 4 is 11.8 Å². The van der Waals surface area contributed by atoms with Crippen molar-refractivity contribution in [3.8, 4) is 11.1 Å². The highest BCUT2D eigenvalue weighted by molar-refractivity contribution is 5.84. The molecule has 0 unspecified atom stereocenters. The van der Waals surface area contributed by atoms with Crippen LogP contribution in [-0.2, 0) is 16.0 Å². The van der Waals surface area contributed by atoms with E-state index in [4.69, 9.17) is 0 Å². The van der Waals surface area contributed by atoms with Crippen LogP contribution >= 0.6 is 0 Å². The van der Waals surface area contributed by atoms with Gasteiger partial charge in [-0.15, -0.1) is 0 Å². The molecule has 1 heterocycles. The molecule has 1 saturated heterocycles. The number of piperidine rings is 1. The van der Waals surface area contributed by atoms with Gasteiger partial charge < -0.3 is 10.2 Å². The molecular formula is C27H36N2O2. The molecule has 0 aliphatic carbocycles. The highest BCUT2D eigenvalue weighted by atomic mass is 16.2. The molecule has 1 fully saturated rings. The fraction of sp³-hybridized carbons (Fsp3) is 0.481. The maximum atomic E-state index is 13.2. The molecular weight excluding hydrogens is 384 g/mol. The fourth-order valence-corrected chi connectivity index (χ4v) is 4.46. The summed E-state index contributed by atoms with van der Waals surface area (Å²) in [6, 6.07) is 18.8. The molecule has 0 atom stereocenters. The van der Waals surface area contributed by atoms with Crippen LogP contribution in [0.25, 0.3) is 11.1 Å². The molecule has 4 heteroatoms. The summed E-state index contributed by atoms with van der Waals surface area (Å²) in [7, 11) is 0. The molecule has 2 aromatic carbocycles. The smallest absolute Gasteiger partial charge is 0.226 e. The molecule has 1 aliphatic heterocycles. The summed E-state index contributed by atoms with van der Waals surface area (Å²) in [6.07, 6.45) is 2.63. The van der Waals surface area contributed by atoms with Gasteiger partial charge in [0.2, 0.25) is 11.8 Å². The first-order chi connectivity index (χ1) is 14.7. The standard InChI is InChI=1S/C27H36N2O2/c1-5-28-25(31)27(14-16-29(17-15-27)24(30)20-26(2,3)4)19-21-10-9-13-23(18-21)22-11-7-6-8-12-22/h6-13,18H,5,14-17,19-20H2,1-4H3,(H,28,31). The lowest BCUT2D eigenvalue weighted by molar-refractivity contribution is -0.141. The number of carbonyl (C=O) groups is 2. The maximum Gasteiger partial charge on any atom is 0.226 e. The number of rotatable bonds is 6. The topological polar surface area (TPSA) is 49.4 Å². The first kappa shape index (κ1) is 23.1. The minimum absolute atomic E-state index is 0.0247. The third-order valence-electron chi connectivity index (χ3n) is 6.15. The zero-order valence-corrected chi connectivity index (χ0v) is 19.4. The van der Waals surface area contributed by atoms with Gasteiger partial charge in [-0.2, -0.15) is 0 Å². The molecule has 0 aromatic heterocycles. The van der Waals surface area contributed by atoms with Gasteiger partial charge in [0, 0.05) is 26.1 Å². The Labute approximate surface area is 187 Å². The van der Waals surface area contributed by atoms with Gasteiger partial charge in [-0.3, -0.25) is 9.59 Å². The number of amides is 2. The minimum atomic E-state index is -0.468. The Morgan fingerprint density at radius 1 is 0.968 bits per heavy atom. The number of likely N-dealkylation sites (tertiary alicyclic amines) is 1. The van der Waals surface area contributed by atoms with Gasteiger partial charge in [0.05, 0.1) is 5.41 Å². The number of benzene rings is 2. The SMILES string of the molecule is CCNC(=O)C1(Cc2cccc(-c3ccccc3)c2)CCN(C(=O)CC(C)(C)C)CC1. The van der Waals surface area contributed by atoms with E-state index in [0.717, 1.165) is 0 Å². The lowest BCUT2D eigenvalue weighted by Crippen LogP contribution is -2.51. The highest BCUT2D eigenvalue weighted by Gasteiger charge is 2.42. The van der Waals surface area contributed by atoms with Crippen molar-refractivity contribution in [1.29, 1.82) is 0 Å². The molecule has 3 rings (SSSR count). The largest absolute Gasteiger partial charge is 0.356 e. The summed E-state index contributed by atoms with van der Waals surface area (Å²) in [5, 5.41) is 3.06. The van der Waals surface area contributed by atoms with E-state index in [-0.39, 0.29) is 17.2 Å². The van der Waals surface area contributed by atoms with Gasteiger partial charge in [-0.25, -0.2) is 0 Å². The van der Waals surface area contributed by atoms with E-state index in [1.54, 1.807) is 0 Å². The van der Waals surface area contributed by atoms with Crippen molar-refractivity contribution in [2.45, 2.75) is 53.4 Å². The second-order valence-electron chi connectivity index (χ2n) is 10.0. The van der Waals surface area contributed by atoms with Gasteiger partial charge in [0.25, 0.3) is 0 Å². The second-order valence-corrected chi connectivity index (χ2v) is 10.0. The van der Waals surface area contributed by atoms with Crippen LogP contribution in [0.1, 0.15) is 52.5 Å². The second kappa shape index (κ2) is 9.67. The van der Waals surface area contributed by atoms with E-state index in [2.05, 4.69) is 62.5 Å². The van der Waals surface area contributed by atoms with Crippen molar-refractivity contribution in [2.24, 2.45) is 10.8 Å². The molecule has 4 nitrogen and oxygen atoms in total. The average molecular weight is 421 g/mol. The van der Waals surface area contributed by atoms with Crippen LogP contribution in [0.4, 0.5) is 0 Å². The lowest BCUT2D eigenvalue weighted by atomic mass is 9.72. The maximum absolute atomic E-state index is 13.2. The van der Waals surface area contributed by atoms with Crippen LogP contribution in [0.15, 0.2) is 54.6 Å². The Hall–Kier alpha value is -2.62. The summed E-state index contributed by atoms with van der Waals surface area (Å²) < 4.78 is 0. The first-order valence-electron chi connectivity index (χ1n) is 11.4. The van der Waals surface area contributed by atoms with Gasteiger partial charge in [-0.05, 0) is 48.3 Å². The van der Waals surface area contributed by atoms with Gasteiger partial charge >= 0.3 is 0 Å². The fourth-order valence-electron chi connectivity index (χ4n) is 4.46. The normalized spacial score (nSPS) is 16.1. The molecule has 0 saturated carbocycles. The summed E-state index contributed by atoms with van der Waals surface area (Å²) >= 11 is 0. The number of nitrogens with zero attached hydrogens (tertiary/aromatic N) is 1. The summed E-state index contributed by atoms with van der Waals surface area (Å²) in [5.74, 6) is 0.311. The lowest BCUT2D eigenvalue weighted by Gasteiger charge is -2.41. The van der Waals surface area contributed by atoms with Crippen LogP contribution in [-0.4, -0.2) is 36.3 Å². The predicted octanol–water partition coefficient (Wildman–Crippen LogP) is 5.08. The molecule has 1 N–H and O–H groups in total. The molecule has 0 radical (unpaired) electrons. The Balaban J connectivity index is 1.78. The van der Waals surface area contributed by atoms with Crippen molar-refractivity contribution in [2.75, 3.05) is 19.6 Å². The third kappa shape index (κ3) is 5.96. The first-order valence-corrected chi connectivity index (χ1v) is 11.4. The Bertz CT molecular complexity index is 891. The van der Waals surface area contributed by atoms with Gasteiger partial charge in [0.15, 0.2) is 0 Å². The number of hydrogen-bond acceptors (Lipinski definition) is 2. The predicted molar refractivity (Wildman–Crippen MR) is 127 cm³/mol. The van der Waals surface area contributed by atoms with Crippen LogP contribution in [0.2, 0.25) is 0 Å². The summed E-state index contributed by atoms with van der Waals surface area (Å²) in [6.45, 7) is 10.1. The zero-order valence-electron chi connectivity index (χ0n) is 19.4. The average Bonchev–Trinajstić information content (AvgIpc) is 2.74. The highest BCUT2D eigenvalue weighted by Crippen LogP contribution is 2.37. The number of nitrogens with one attached hydrogen (secondary N) is 1. The van der Waals surface area contributed by atoms with Crippen molar-refractivity contribution in [3.05, 3.63) is 60.2 Å². The minimum Gasteiger partial charge on any atom is -0.356 e. The van der Waals surface area contributed by atoms with E-state index in [1.165, 1.54) is 16.7 Å². The quantitative estimate of drug-likeness (QED) is 0.709. The van der Waals surface area contributed by atoms with Gasteiger partial charge in [-0.1, -0.05) is 75.4 Å². The van der Waals surface area contributed by atoms with Crippen LogP contribution < -0.4 is 5.32 Å². The molecule has 2 amide bonds. The molecule has 1 aliphatic rings. The Morgan fingerprint density at radius 3 is 2.23 bits per heavy atom. The van der Waals surface area contributed by atoms with Gasteiger partial charge in [0.1, 0.15) is 0 Å². The van der Waals surface area contributed by atoms with E-state index < -0.39 is 5.41 Å². The van der Waals surface area contributed by atoms with Crippen LogP contribution in [0.3, 0.4) is 0 Å². The number of carbonyl (C=O) groups excluding carboxylic acids is 2. The monoisotopic (exact) mass is 420 g/mol. The van der Waals surface area contributed by atoms with E-state index in [1.807, 2.05) is 30.0 Å². The molecule has 0 spiro atoms. The van der Waals surface area contributed by atoms with Crippen molar-refractivity contribution in [1.82, 2.24) is 10.2 Å². The Morgan fingerprint density at radius 2 is 1.61 bits per heavy atom. The van der Waals surface area contributed by atoms with E-state index in [0.29, 0.717) is 45.3 Å². The van der Waals surface area contributed by atoms with E-state index >= 15 is 0 Å². The third-order valence-corrected chi connectivity index (χ3v) is 6.15.